The Balaban J connectivity index is 1.84. The van der Waals surface area contributed by atoms with Crippen LogP contribution in [0.4, 0.5) is 4.39 Å². The van der Waals surface area contributed by atoms with Crippen LogP contribution in [0.25, 0.3) is 5.69 Å². The standard InChI is InChI=1S/C19H20FN5O2/c1-13-6-4-9-18(25-19(26)24(3)22-23-25)17(13)12-27-21-14(2)16-8-5-7-15(10-16)11-20/h4-10H,11-12H2,1-3H3/b21-14-. The second-order valence-electron chi connectivity index (χ2n) is 6.15. The maximum atomic E-state index is 12.8. The zero-order chi connectivity index (χ0) is 19.4. The fourth-order valence-electron chi connectivity index (χ4n) is 2.66. The van der Waals surface area contributed by atoms with E-state index in [-0.39, 0.29) is 12.3 Å². The van der Waals surface area contributed by atoms with Crippen molar-refractivity contribution >= 4 is 5.71 Å². The minimum absolute atomic E-state index is 0.158. The molecule has 1 aromatic heterocycles. The molecule has 0 atom stereocenters. The van der Waals surface area contributed by atoms with E-state index in [1.54, 1.807) is 31.2 Å². The highest BCUT2D eigenvalue weighted by molar-refractivity contribution is 5.98. The first-order valence-corrected chi connectivity index (χ1v) is 8.41. The summed E-state index contributed by atoms with van der Waals surface area (Å²) in [4.78, 5) is 17.7. The molecule has 0 saturated heterocycles. The molecule has 7 nitrogen and oxygen atoms in total. The number of tetrazole rings is 1. The molecule has 0 unspecified atom stereocenters. The third kappa shape index (κ3) is 3.94. The van der Waals surface area contributed by atoms with Crippen molar-refractivity contribution < 1.29 is 9.23 Å². The second-order valence-corrected chi connectivity index (χ2v) is 6.15. The molecule has 0 aliphatic carbocycles. The lowest BCUT2D eigenvalue weighted by Gasteiger charge is -2.11. The zero-order valence-electron chi connectivity index (χ0n) is 15.4. The zero-order valence-corrected chi connectivity index (χ0v) is 15.4. The molecule has 0 spiro atoms. The Kier molecular flexibility index (Phi) is 5.44. The number of alkyl halides is 1. The van der Waals surface area contributed by atoms with Gasteiger partial charge in [0.05, 0.1) is 11.4 Å². The van der Waals surface area contributed by atoms with Gasteiger partial charge in [0.2, 0.25) is 0 Å². The molecule has 27 heavy (non-hydrogen) atoms. The third-order valence-corrected chi connectivity index (χ3v) is 4.24. The first-order chi connectivity index (χ1) is 13.0. The molecule has 1 heterocycles. The average Bonchev–Trinajstić information content (AvgIpc) is 3.01. The Hall–Kier alpha value is -3.29. The maximum Gasteiger partial charge on any atom is 0.368 e. The van der Waals surface area contributed by atoms with E-state index in [0.29, 0.717) is 17.0 Å². The van der Waals surface area contributed by atoms with Gasteiger partial charge in [-0.15, -0.1) is 0 Å². The Labute approximate surface area is 155 Å². The van der Waals surface area contributed by atoms with Crippen molar-refractivity contribution in [1.82, 2.24) is 19.8 Å². The fourth-order valence-corrected chi connectivity index (χ4v) is 2.66. The molecule has 2 aromatic carbocycles. The van der Waals surface area contributed by atoms with E-state index in [1.165, 1.54) is 11.7 Å². The molecule has 8 heteroatoms. The van der Waals surface area contributed by atoms with Crippen LogP contribution in [0.3, 0.4) is 0 Å². The van der Waals surface area contributed by atoms with Gasteiger partial charge >= 0.3 is 5.69 Å². The summed E-state index contributed by atoms with van der Waals surface area (Å²) < 4.78 is 15.2. The third-order valence-electron chi connectivity index (χ3n) is 4.24. The predicted octanol–water partition coefficient (Wildman–Crippen LogP) is 2.68. The highest BCUT2D eigenvalue weighted by Crippen LogP contribution is 2.18. The van der Waals surface area contributed by atoms with Crippen LogP contribution in [0.1, 0.15) is 29.2 Å². The number of oxime groups is 1. The molecule has 3 rings (SSSR count). The maximum absolute atomic E-state index is 12.8. The molecular formula is C19H20FN5O2. The molecule has 0 aliphatic heterocycles. The largest absolute Gasteiger partial charge is 0.391 e. The van der Waals surface area contributed by atoms with E-state index in [9.17, 15) is 9.18 Å². The summed E-state index contributed by atoms with van der Waals surface area (Å²) >= 11 is 0. The smallest absolute Gasteiger partial charge is 0.368 e. The summed E-state index contributed by atoms with van der Waals surface area (Å²) in [6.45, 7) is 3.35. The van der Waals surface area contributed by atoms with Crippen LogP contribution in [0.2, 0.25) is 0 Å². The number of aryl methyl sites for hydroxylation is 2. The van der Waals surface area contributed by atoms with Gasteiger partial charge in [-0.3, -0.25) is 0 Å². The highest BCUT2D eigenvalue weighted by Gasteiger charge is 2.13. The lowest BCUT2D eigenvalue weighted by Crippen LogP contribution is -2.23. The second kappa shape index (κ2) is 7.94. The van der Waals surface area contributed by atoms with Crippen molar-refractivity contribution in [3.63, 3.8) is 0 Å². The predicted molar refractivity (Wildman–Crippen MR) is 99.6 cm³/mol. The van der Waals surface area contributed by atoms with E-state index in [0.717, 1.165) is 21.4 Å². The summed E-state index contributed by atoms with van der Waals surface area (Å²) in [5.41, 5.74) is 4.00. The van der Waals surface area contributed by atoms with Crippen LogP contribution in [0.15, 0.2) is 52.4 Å². The van der Waals surface area contributed by atoms with Gasteiger partial charge in [-0.25, -0.2) is 9.18 Å². The van der Waals surface area contributed by atoms with Crippen molar-refractivity contribution in [2.45, 2.75) is 27.1 Å². The van der Waals surface area contributed by atoms with Crippen LogP contribution >= 0.6 is 0 Å². The Morgan fingerprint density at radius 2 is 2.00 bits per heavy atom. The molecule has 0 saturated carbocycles. The number of hydrogen-bond donors (Lipinski definition) is 0. The van der Waals surface area contributed by atoms with Crippen LogP contribution in [0, 0.1) is 6.92 Å². The molecule has 0 N–H and O–H groups in total. The van der Waals surface area contributed by atoms with Crippen molar-refractivity contribution in [2.75, 3.05) is 0 Å². The first kappa shape index (κ1) is 18.5. The molecule has 140 valence electrons. The Bertz CT molecular complexity index is 1040. The van der Waals surface area contributed by atoms with Gasteiger partial charge in [-0.1, -0.05) is 35.5 Å². The van der Waals surface area contributed by atoms with E-state index in [4.69, 9.17) is 4.84 Å². The molecular weight excluding hydrogens is 349 g/mol. The molecule has 0 fully saturated rings. The van der Waals surface area contributed by atoms with Crippen LogP contribution in [-0.4, -0.2) is 25.5 Å². The number of hydrogen-bond acceptors (Lipinski definition) is 5. The van der Waals surface area contributed by atoms with E-state index in [2.05, 4.69) is 15.6 Å². The van der Waals surface area contributed by atoms with Gasteiger partial charge in [-0.2, -0.15) is 9.36 Å². The van der Waals surface area contributed by atoms with E-state index in [1.807, 2.05) is 25.1 Å². The first-order valence-electron chi connectivity index (χ1n) is 8.41. The quantitative estimate of drug-likeness (QED) is 0.495. The lowest BCUT2D eigenvalue weighted by atomic mass is 10.1. The summed E-state index contributed by atoms with van der Waals surface area (Å²) in [5.74, 6) is 0. The summed E-state index contributed by atoms with van der Waals surface area (Å²) in [7, 11) is 1.54. The number of aromatic nitrogens is 4. The van der Waals surface area contributed by atoms with Gasteiger partial charge < -0.3 is 4.84 Å². The summed E-state index contributed by atoms with van der Waals surface area (Å²) in [6.07, 6.45) is 0. The minimum Gasteiger partial charge on any atom is -0.391 e. The lowest BCUT2D eigenvalue weighted by molar-refractivity contribution is 0.130. The molecule has 0 amide bonds. The van der Waals surface area contributed by atoms with E-state index >= 15 is 0 Å². The monoisotopic (exact) mass is 369 g/mol. The van der Waals surface area contributed by atoms with Gasteiger partial charge in [0.25, 0.3) is 0 Å². The van der Waals surface area contributed by atoms with Gasteiger partial charge in [0.1, 0.15) is 13.3 Å². The average molecular weight is 369 g/mol. The Morgan fingerprint density at radius 1 is 1.22 bits per heavy atom. The normalized spacial score (nSPS) is 11.6. The van der Waals surface area contributed by atoms with Crippen LogP contribution in [0.5, 0.6) is 0 Å². The molecule has 3 aromatic rings. The molecule has 0 radical (unpaired) electrons. The van der Waals surface area contributed by atoms with E-state index < -0.39 is 6.67 Å². The molecule has 0 aliphatic rings. The highest BCUT2D eigenvalue weighted by atomic mass is 19.1. The van der Waals surface area contributed by atoms with Gasteiger partial charge in [0, 0.05) is 12.6 Å². The summed E-state index contributed by atoms with van der Waals surface area (Å²) in [6, 6.07) is 12.6. The number of nitrogens with zero attached hydrogens (tertiary/aromatic N) is 5. The number of halogens is 1. The van der Waals surface area contributed by atoms with Gasteiger partial charge in [0.15, 0.2) is 0 Å². The SMILES string of the molecule is C/C(=N/OCc1c(C)cccc1-n1nnn(C)c1=O)c1cccc(CF)c1. The number of benzene rings is 2. The topological polar surface area (TPSA) is 74.3 Å². The van der Waals surface area contributed by atoms with Crippen molar-refractivity contribution in [2.24, 2.45) is 12.2 Å². The van der Waals surface area contributed by atoms with Crippen LogP contribution < -0.4 is 5.69 Å². The van der Waals surface area contributed by atoms with Crippen molar-refractivity contribution in [3.8, 4) is 5.69 Å². The minimum atomic E-state index is -0.526. The Morgan fingerprint density at radius 3 is 2.70 bits per heavy atom. The molecule has 0 bridgehead atoms. The summed E-state index contributed by atoms with van der Waals surface area (Å²) in [5, 5.41) is 11.8. The fraction of sp³-hybridized carbons (Fsp3) is 0.263. The van der Waals surface area contributed by atoms with Crippen molar-refractivity contribution in [1.29, 1.82) is 0 Å². The number of rotatable bonds is 6. The van der Waals surface area contributed by atoms with Crippen LogP contribution in [-0.2, 0) is 25.2 Å². The van der Waals surface area contributed by atoms with Gasteiger partial charge in [-0.05, 0) is 53.1 Å². The van der Waals surface area contributed by atoms with Crippen molar-refractivity contribution in [3.05, 3.63) is 75.2 Å².